The normalized spacial score (nSPS) is 21.8. The maximum atomic E-state index is 12.0. The smallest absolute Gasteiger partial charge is 0.407 e. The van der Waals surface area contributed by atoms with Crippen LogP contribution in [0.15, 0.2) is 36.5 Å². The molecule has 0 aliphatic carbocycles. The molecule has 3 rings (SSSR count). The van der Waals surface area contributed by atoms with Gasteiger partial charge >= 0.3 is 6.09 Å². The summed E-state index contributed by atoms with van der Waals surface area (Å²) < 4.78 is 12.5. The number of rotatable bonds is 3. The summed E-state index contributed by atoms with van der Waals surface area (Å²) in [4.78, 5) is 17.4. The Bertz CT molecular complexity index is 1000. The number of benzene rings is 1. The van der Waals surface area contributed by atoms with Gasteiger partial charge in [0.25, 0.3) is 0 Å². The first kappa shape index (κ1) is 23.1. The summed E-state index contributed by atoms with van der Waals surface area (Å²) in [6, 6.07) is 10.4. The second-order valence-electron chi connectivity index (χ2n) is 8.40. The van der Waals surface area contributed by atoms with Crippen molar-refractivity contribution >= 4 is 29.3 Å². The van der Waals surface area contributed by atoms with Crippen LogP contribution in [0.1, 0.15) is 38.0 Å². The average molecular weight is 464 g/mol. The molecule has 1 saturated heterocycles. The number of hydrogen-bond donors (Lipinski definition) is 1. The Morgan fingerprint density at radius 1 is 1.29 bits per heavy atom. The van der Waals surface area contributed by atoms with Gasteiger partial charge in [-0.15, -0.1) is 0 Å². The molecule has 0 spiro atoms. The van der Waals surface area contributed by atoms with Crippen LogP contribution in [0.2, 0.25) is 10.0 Å². The fourth-order valence-electron chi connectivity index (χ4n) is 3.32. The molecule has 7 nitrogen and oxygen atoms in total. The minimum absolute atomic E-state index is 0.0221. The van der Waals surface area contributed by atoms with E-state index in [0.29, 0.717) is 15.6 Å². The number of nitriles is 1. The van der Waals surface area contributed by atoms with E-state index in [1.807, 2.05) is 26.8 Å². The topological polar surface area (TPSA) is 95.7 Å². The molecule has 2 heterocycles. The Balaban J connectivity index is 2.08. The largest absolute Gasteiger partial charge is 0.468 e. The summed E-state index contributed by atoms with van der Waals surface area (Å²) >= 11 is 12.3. The van der Waals surface area contributed by atoms with Gasteiger partial charge in [-0.1, -0.05) is 50.0 Å². The number of aromatic nitrogens is 1. The molecular formula is C22H23Cl2N3O4. The molecule has 1 N–H and O–H groups in total. The molecule has 0 saturated carbocycles. The van der Waals surface area contributed by atoms with Crippen LogP contribution < -0.4 is 4.74 Å². The van der Waals surface area contributed by atoms with Gasteiger partial charge in [-0.2, -0.15) is 5.26 Å². The summed E-state index contributed by atoms with van der Waals surface area (Å²) in [6.07, 6.45) is -1.44. The van der Waals surface area contributed by atoms with Gasteiger partial charge in [-0.05, 0) is 35.2 Å². The Morgan fingerprint density at radius 3 is 2.65 bits per heavy atom. The van der Waals surface area contributed by atoms with Crippen molar-refractivity contribution in [1.82, 2.24) is 9.88 Å². The Kier molecular flexibility index (Phi) is 6.95. The third kappa shape index (κ3) is 5.40. The maximum Gasteiger partial charge on any atom is 0.407 e. The van der Waals surface area contributed by atoms with E-state index in [1.165, 1.54) is 11.1 Å². The fraction of sp³-hybridized carbons (Fsp3) is 0.409. The zero-order chi connectivity index (χ0) is 22.8. The van der Waals surface area contributed by atoms with Crippen LogP contribution in [0.25, 0.3) is 0 Å². The van der Waals surface area contributed by atoms with Crippen molar-refractivity contribution in [2.75, 3.05) is 13.1 Å². The molecule has 1 fully saturated rings. The van der Waals surface area contributed by atoms with Gasteiger partial charge in [0, 0.05) is 6.20 Å². The number of carboxylic acid groups (broad SMARTS) is 1. The predicted molar refractivity (Wildman–Crippen MR) is 116 cm³/mol. The molecule has 1 aliphatic heterocycles. The number of amides is 1. The number of hydrogen-bond acceptors (Lipinski definition) is 5. The van der Waals surface area contributed by atoms with E-state index in [9.17, 15) is 15.2 Å². The summed E-state index contributed by atoms with van der Waals surface area (Å²) in [5.74, 6) is 0.114. The molecule has 1 aromatic carbocycles. The second kappa shape index (κ2) is 9.31. The van der Waals surface area contributed by atoms with Crippen molar-refractivity contribution in [1.29, 1.82) is 5.26 Å². The summed E-state index contributed by atoms with van der Waals surface area (Å²) in [5.41, 5.74) is 0.587. The number of halogens is 2. The molecule has 9 heteroatoms. The highest BCUT2D eigenvalue weighted by Crippen LogP contribution is 2.37. The van der Waals surface area contributed by atoms with Gasteiger partial charge in [0.05, 0.1) is 29.2 Å². The van der Waals surface area contributed by atoms with Gasteiger partial charge in [-0.25, -0.2) is 9.78 Å². The first-order valence-corrected chi connectivity index (χ1v) is 10.5. The molecule has 2 aromatic rings. The third-order valence-electron chi connectivity index (χ3n) is 5.10. The predicted octanol–water partition coefficient (Wildman–Crippen LogP) is 5.17. The van der Waals surface area contributed by atoms with Crippen LogP contribution in [0.3, 0.4) is 0 Å². The Labute approximate surface area is 191 Å². The Hall–Kier alpha value is -2.53. The highest BCUT2D eigenvalue weighted by atomic mass is 35.5. The lowest BCUT2D eigenvalue weighted by Gasteiger charge is -2.34. The average Bonchev–Trinajstić information content (AvgIpc) is 2.91. The van der Waals surface area contributed by atoms with Gasteiger partial charge < -0.3 is 19.5 Å². The molecule has 1 unspecified atom stereocenters. The van der Waals surface area contributed by atoms with Crippen molar-refractivity contribution in [2.45, 2.75) is 39.1 Å². The van der Waals surface area contributed by atoms with E-state index in [0.717, 1.165) is 0 Å². The van der Waals surface area contributed by atoms with Gasteiger partial charge in [0.2, 0.25) is 5.88 Å². The quantitative estimate of drug-likeness (QED) is 0.673. The van der Waals surface area contributed by atoms with E-state index in [4.69, 9.17) is 32.7 Å². The zero-order valence-electron chi connectivity index (χ0n) is 17.4. The third-order valence-corrected chi connectivity index (χ3v) is 5.84. The van der Waals surface area contributed by atoms with E-state index in [1.54, 1.807) is 30.3 Å². The fourth-order valence-corrected chi connectivity index (χ4v) is 3.63. The van der Waals surface area contributed by atoms with Crippen molar-refractivity contribution in [3.8, 4) is 11.9 Å². The number of nitrogens with zero attached hydrogens (tertiary/aromatic N) is 3. The SMILES string of the molecule is CC(C)(C)C1CN(C(=O)O)C[C@@H](Oc2ncccc2C#N)[C@H](c2ccc(Cl)c(Cl)c2)O1. The van der Waals surface area contributed by atoms with Gasteiger partial charge in [0.15, 0.2) is 0 Å². The van der Waals surface area contributed by atoms with E-state index < -0.39 is 24.4 Å². The molecule has 1 aliphatic rings. The van der Waals surface area contributed by atoms with Crippen molar-refractivity contribution in [3.63, 3.8) is 0 Å². The maximum absolute atomic E-state index is 12.0. The lowest BCUT2D eigenvalue weighted by molar-refractivity contribution is -0.0911. The molecule has 164 valence electrons. The van der Waals surface area contributed by atoms with Crippen LogP contribution in [0, 0.1) is 16.7 Å². The van der Waals surface area contributed by atoms with Gasteiger partial charge in [0.1, 0.15) is 23.8 Å². The lowest BCUT2D eigenvalue weighted by Crippen LogP contribution is -2.43. The van der Waals surface area contributed by atoms with Crippen molar-refractivity contribution in [2.24, 2.45) is 5.41 Å². The standard InChI is InChI=1S/C22H23Cl2N3O4/c1-22(2,3)18-12-27(21(28)29)11-17(30-20-14(10-25)5-4-8-26-20)19(31-18)13-6-7-15(23)16(24)9-13/h4-9,17-19H,11-12H2,1-3H3,(H,28,29)/t17-,18?,19+/m1/s1. The summed E-state index contributed by atoms with van der Waals surface area (Å²) in [6.45, 7) is 6.14. The molecule has 0 bridgehead atoms. The number of carbonyl (C=O) groups is 1. The molecule has 1 amide bonds. The Morgan fingerprint density at radius 2 is 2.03 bits per heavy atom. The minimum Gasteiger partial charge on any atom is -0.468 e. The number of pyridine rings is 1. The lowest BCUT2D eigenvalue weighted by atomic mass is 9.88. The van der Waals surface area contributed by atoms with Crippen LogP contribution in [0.5, 0.6) is 5.88 Å². The highest BCUT2D eigenvalue weighted by molar-refractivity contribution is 6.42. The van der Waals surface area contributed by atoms with Crippen LogP contribution in [0.4, 0.5) is 4.79 Å². The monoisotopic (exact) mass is 463 g/mol. The summed E-state index contributed by atoms with van der Waals surface area (Å²) in [7, 11) is 0. The zero-order valence-corrected chi connectivity index (χ0v) is 18.9. The van der Waals surface area contributed by atoms with Crippen LogP contribution >= 0.6 is 23.2 Å². The molecule has 0 radical (unpaired) electrons. The number of ether oxygens (including phenoxy) is 2. The molecule has 3 atom stereocenters. The molecule has 1 aromatic heterocycles. The minimum atomic E-state index is -1.08. The first-order valence-electron chi connectivity index (χ1n) is 9.70. The first-order chi connectivity index (χ1) is 14.6. The van der Waals surface area contributed by atoms with Gasteiger partial charge in [-0.3, -0.25) is 0 Å². The highest BCUT2D eigenvalue weighted by Gasteiger charge is 2.41. The van der Waals surface area contributed by atoms with E-state index in [-0.39, 0.29) is 29.9 Å². The van der Waals surface area contributed by atoms with Crippen molar-refractivity contribution in [3.05, 3.63) is 57.7 Å². The van der Waals surface area contributed by atoms with E-state index in [2.05, 4.69) is 4.98 Å². The summed E-state index contributed by atoms with van der Waals surface area (Å²) in [5, 5.41) is 19.9. The molecular weight excluding hydrogens is 441 g/mol. The van der Waals surface area contributed by atoms with Crippen LogP contribution in [-0.2, 0) is 4.74 Å². The van der Waals surface area contributed by atoms with Crippen molar-refractivity contribution < 1.29 is 19.4 Å². The van der Waals surface area contributed by atoms with Crippen LogP contribution in [-0.4, -0.2) is 46.4 Å². The van der Waals surface area contributed by atoms with E-state index >= 15 is 0 Å². The second-order valence-corrected chi connectivity index (χ2v) is 9.21. The molecule has 31 heavy (non-hydrogen) atoms.